The maximum atomic E-state index is 11.8. The van der Waals surface area contributed by atoms with Crippen LogP contribution < -0.4 is 0 Å². The number of ether oxygens (including phenoxy) is 1. The summed E-state index contributed by atoms with van der Waals surface area (Å²) in [5, 5.41) is 0. The van der Waals surface area contributed by atoms with Crippen LogP contribution in [-0.4, -0.2) is 24.6 Å². The number of hydrogen-bond acceptors (Lipinski definition) is 1. The van der Waals surface area contributed by atoms with E-state index in [1.54, 1.807) is 0 Å². The van der Waals surface area contributed by atoms with Gasteiger partial charge in [-0.05, 0) is 12.8 Å². The van der Waals surface area contributed by atoms with Crippen LogP contribution >= 0.6 is 0 Å². The van der Waals surface area contributed by atoms with Crippen LogP contribution in [0.15, 0.2) is 0 Å². The fourth-order valence-corrected chi connectivity index (χ4v) is 1.12. The van der Waals surface area contributed by atoms with Crippen LogP contribution in [0.4, 0.5) is 26.3 Å². The van der Waals surface area contributed by atoms with Gasteiger partial charge in [0, 0.05) is 0 Å². The number of hydrogen-bond donors (Lipinski definition) is 0. The summed E-state index contributed by atoms with van der Waals surface area (Å²) in [5.74, 6) is 0. The summed E-state index contributed by atoms with van der Waals surface area (Å²) in [5.41, 5.74) is 0. The van der Waals surface area contributed by atoms with E-state index < -0.39 is 37.4 Å². The lowest BCUT2D eigenvalue weighted by atomic mass is 10.2. The van der Waals surface area contributed by atoms with Crippen LogP contribution in [0, 0.1) is 0 Å². The summed E-state index contributed by atoms with van der Waals surface area (Å²) in [6.45, 7) is 0. The fraction of sp³-hybridized carbons (Fsp3) is 1.00. The Morgan fingerprint density at radius 3 is 1.23 bits per heavy atom. The molecule has 2 atom stereocenters. The molecule has 0 spiro atoms. The summed E-state index contributed by atoms with van der Waals surface area (Å²) >= 11 is 0. The van der Waals surface area contributed by atoms with Crippen molar-refractivity contribution in [2.24, 2.45) is 0 Å². The Kier molecular flexibility index (Phi) is 2.48. The summed E-state index contributed by atoms with van der Waals surface area (Å²) in [7, 11) is 0. The molecule has 1 saturated heterocycles. The van der Waals surface area contributed by atoms with Crippen LogP contribution in [0.25, 0.3) is 0 Å². The normalized spacial score (nSPS) is 30.9. The molecule has 1 aliphatic rings. The molecule has 13 heavy (non-hydrogen) atoms. The van der Waals surface area contributed by atoms with Crippen molar-refractivity contribution in [3.8, 4) is 0 Å². The average Bonchev–Trinajstić information content (AvgIpc) is 2.28. The topological polar surface area (TPSA) is 9.23 Å². The first-order valence-corrected chi connectivity index (χ1v) is 3.50. The summed E-state index contributed by atoms with van der Waals surface area (Å²) in [4.78, 5) is 0. The van der Waals surface area contributed by atoms with Gasteiger partial charge in [-0.3, -0.25) is 0 Å². The largest absolute Gasteiger partial charge is 0.414 e. The molecule has 1 fully saturated rings. The van der Waals surface area contributed by atoms with Gasteiger partial charge in [-0.15, -0.1) is 0 Å². The van der Waals surface area contributed by atoms with Crippen molar-refractivity contribution >= 4 is 0 Å². The third-order valence-electron chi connectivity index (χ3n) is 1.75. The fourth-order valence-electron chi connectivity index (χ4n) is 1.12. The maximum Gasteiger partial charge on any atom is 0.414 e. The van der Waals surface area contributed by atoms with Gasteiger partial charge in [0.25, 0.3) is 0 Å². The van der Waals surface area contributed by atoms with E-state index in [1.165, 1.54) is 0 Å². The minimum absolute atomic E-state index is 0.617. The Hall–Kier alpha value is -0.460. The highest BCUT2D eigenvalue weighted by atomic mass is 19.4. The molecule has 0 aromatic rings. The zero-order chi connectivity index (χ0) is 10.3. The van der Waals surface area contributed by atoms with Gasteiger partial charge in [-0.2, -0.15) is 26.3 Å². The minimum Gasteiger partial charge on any atom is -0.356 e. The lowest BCUT2D eigenvalue weighted by Crippen LogP contribution is -2.33. The van der Waals surface area contributed by atoms with E-state index in [0.717, 1.165) is 0 Å². The molecule has 0 radical (unpaired) electrons. The molecule has 0 N–H and O–H groups in total. The predicted octanol–water partition coefficient (Wildman–Crippen LogP) is 2.66. The lowest BCUT2D eigenvalue weighted by molar-refractivity contribution is -0.261. The molecule has 78 valence electrons. The monoisotopic (exact) mass is 208 g/mol. The van der Waals surface area contributed by atoms with Gasteiger partial charge >= 0.3 is 12.4 Å². The predicted molar refractivity (Wildman–Crippen MR) is 30.0 cm³/mol. The van der Waals surface area contributed by atoms with Crippen molar-refractivity contribution in [1.82, 2.24) is 0 Å². The van der Waals surface area contributed by atoms with E-state index in [4.69, 9.17) is 0 Å². The number of rotatable bonds is 0. The summed E-state index contributed by atoms with van der Waals surface area (Å²) < 4.78 is 74.8. The van der Waals surface area contributed by atoms with E-state index >= 15 is 0 Å². The van der Waals surface area contributed by atoms with Crippen LogP contribution in [0.2, 0.25) is 0 Å². The summed E-state index contributed by atoms with van der Waals surface area (Å²) in [6.07, 6.45) is -15.2. The van der Waals surface area contributed by atoms with Crippen LogP contribution in [-0.2, 0) is 4.74 Å². The molecule has 0 saturated carbocycles. The highest BCUT2D eigenvalue weighted by molar-refractivity contribution is 4.82. The highest BCUT2D eigenvalue weighted by Crippen LogP contribution is 2.39. The van der Waals surface area contributed by atoms with Gasteiger partial charge in [0.05, 0.1) is 0 Å². The van der Waals surface area contributed by atoms with Gasteiger partial charge in [0.15, 0.2) is 12.2 Å². The van der Waals surface area contributed by atoms with E-state index in [-0.39, 0.29) is 0 Å². The maximum absolute atomic E-state index is 11.8. The average molecular weight is 208 g/mol. The molecule has 1 rings (SSSR count). The van der Waals surface area contributed by atoms with Crippen molar-refractivity contribution in [3.05, 3.63) is 0 Å². The van der Waals surface area contributed by atoms with E-state index in [0.29, 0.717) is 0 Å². The first-order valence-electron chi connectivity index (χ1n) is 3.50. The second kappa shape index (κ2) is 3.04. The molecular formula is C6H6F6O. The van der Waals surface area contributed by atoms with E-state index in [2.05, 4.69) is 4.74 Å². The first kappa shape index (κ1) is 10.6. The number of halogens is 6. The van der Waals surface area contributed by atoms with Gasteiger partial charge in [-0.1, -0.05) is 0 Å². The molecule has 7 heteroatoms. The molecular weight excluding hydrogens is 202 g/mol. The molecule has 0 aromatic heterocycles. The minimum atomic E-state index is -4.69. The number of alkyl halides is 6. The van der Waals surface area contributed by atoms with Gasteiger partial charge in [-0.25, -0.2) is 0 Å². The second-order valence-corrected chi connectivity index (χ2v) is 2.77. The van der Waals surface area contributed by atoms with Crippen molar-refractivity contribution in [2.45, 2.75) is 37.4 Å². The van der Waals surface area contributed by atoms with Crippen LogP contribution in [0.1, 0.15) is 12.8 Å². The molecule has 0 amide bonds. The molecule has 1 nitrogen and oxygen atoms in total. The Bertz CT molecular complexity index is 163. The van der Waals surface area contributed by atoms with Crippen molar-refractivity contribution in [3.63, 3.8) is 0 Å². The van der Waals surface area contributed by atoms with Crippen molar-refractivity contribution < 1.29 is 31.1 Å². The van der Waals surface area contributed by atoms with Crippen LogP contribution in [0.5, 0.6) is 0 Å². The first-order chi connectivity index (χ1) is 5.71. The molecule has 1 heterocycles. The molecule has 0 aromatic carbocycles. The standard InChI is InChI=1S/C6H6F6O/c7-5(8,9)3-1-2-4(13-3)6(10,11)12/h3-4H,1-2H2. The molecule has 0 bridgehead atoms. The summed E-state index contributed by atoms with van der Waals surface area (Å²) in [6, 6.07) is 0. The Balaban J connectivity index is 2.55. The Labute approximate surface area is 69.7 Å². The SMILES string of the molecule is FC(F)(F)C1CCC(C(F)(F)F)O1. The zero-order valence-electron chi connectivity index (χ0n) is 6.24. The molecule has 1 aliphatic heterocycles. The van der Waals surface area contributed by atoms with Crippen molar-refractivity contribution in [2.75, 3.05) is 0 Å². The van der Waals surface area contributed by atoms with Gasteiger partial charge in [0.1, 0.15) is 0 Å². The second-order valence-electron chi connectivity index (χ2n) is 2.77. The van der Waals surface area contributed by atoms with Gasteiger partial charge in [0.2, 0.25) is 0 Å². The zero-order valence-corrected chi connectivity index (χ0v) is 6.24. The van der Waals surface area contributed by atoms with E-state index in [9.17, 15) is 26.3 Å². The quantitative estimate of drug-likeness (QED) is 0.556. The molecule has 0 aliphatic carbocycles. The Morgan fingerprint density at radius 1 is 0.769 bits per heavy atom. The van der Waals surface area contributed by atoms with Gasteiger partial charge < -0.3 is 4.74 Å². The highest BCUT2D eigenvalue weighted by Gasteiger charge is 2.52. The smallest absolute Gasteiger partial charge is 0.356 e. The van der Waals surface area contributed by atoms with Crippen molar-refractivity contribution in [1.29, 1.82) is 0 Å². The van der Waals surface area contributed by atoms with Crippen LogP contribution in [0.3, 0.4) is 0 Å². The third kappa shape index (κ3) is 2.49. The van der Waals surface area contributed by atoms with E-state index in [1.807, 2.05) is 0 Å². The lowest BCUT2D eigenvalue weighted by Gasteiger charge is -2.17. The Morgan fingerprint density at radius 2 is 1.08 bits per heavy atom. The molecule has 2 unspecified atom stereocenters. The third-order valence-corrected chi connectivity index (χ3v) is 1.75.